The van der Waals surface area contributed by atoms with Crippen molar-refractivity contribution < 1.29 is 4.74 Å². The molecular formula is C15H27N3O. The number of nitrogens with zero attached hydrogens (tertiary/aromatic N) is 1. The van der Waals surface area contributed by atoms with E-state index < -0.39 is 0 Å². The van der Waals surface area contributed by atoms with Crippen LogP contribution in [0, 0.1) is 11.8 Å². The molecule has 1 unspecified atom stereocenters. The van der Waals surface area contributed by atoms with Gasteiger partial charge < -0.3 is 15.8 Å². The fourth-order valence-electron chi connectivity index (χ4n) is 1.87. The summed E-state index contributed by atoms with van der Waals surface area (Å²) in [6, 6.07) is 3.98. The van der Waals surface area contributed by atoms with E-state index in [1.165, 1.54) is 0 Å². The number of nitrogens with two attached hydrogens (primary N) is 1. The van der Waals surface area contributed by atoms with Crippen LogP contribution < -0.4 is 15.8 Å². The summed E-state index contributed by atoms with van der Waals surface area (Å²) in [6.07, 6.45) is 1.90. The molecule has 0 amide bonds. The monoisotopic (exact) mass is 265 g/mol. The molecule has 0 saturated carbocycles. The molecule has 4 nitrogen and oxygen atoms in total. The first kappa shape index (κ1) is 15.9. The molecule has 1 heterocycles. The number of ether oxygens (including phenoxy) is 1. The van der Waals surface area contributed by atoms with Gasteiger partial charge in [-0.3, -0.25) is 0 Å². The van der Waals surface area contributed by atoms with E-state index in [9.17, 15) is 0 Å². The van der Waals surface area contributed by atoms with Crippen LogP contribution in [0.25, 0.3) is 0 Å². The Bertz CT molecular complexity index is 366. The number of rotatable bonds is 8. The third-order valence-corrected chi connectivity index (χ3v) is 3.16. The Morgan fingerprint density at radius 3 is 2.63 bits per heavy atom. The zero-order valence-corrected chi connectivity index (χ0v) is 12.5. The van der Waals surface area contributed by atoms with Crippen molar-refractivity contribution in [2.45, 2.75) is 40.3 Å². The lowest BCUT2D eigenvalue weighted by Crippen LogP contribution is -2.31. The second-order valence-corrected chi connectivity index (χ2v) is 5.50. The van der Waals surface area contributed by atoms with Crippen LogP contribution in [-0.4, -0.2) is 24.2 Å². The summed E-state index contributed by atoms with van der Waals surface area (Å²) in [5.74, 6) is 1.82. The van der Waals surface area contributed by atoms with Gasteiger partial charge in [-0.05, 0) is 44.8 Å². The van der Waals surface area contributed by atoms with Crippen LogP contribution >= 0.6 is 0 Å². The van der Waals surface area contributed by atoms with Crippen molar-refractivity contribution in [3.05, 3.63) is 23.9 Å². The Balaban J connectivity index is 2.53. The Morgan fingerprint density at radius 2 is 2.05 bits per heavy atom. The molecule has 0 aliphatic carbocycles. The molecule has 0 fully saturated rings. The highest BCUT2D eigenvalue weighted by Crippen LogP contribution is 2.16. The Labute approximate surface area is 116 Å². The molecule has 1 aromatic rings. The summed E-state index contributed by atoms with van der Waals surface area (Å²) < 4.78 is 5.70. The van der Waals surface area contributed by atoms with Crippen LogP contribution in [0.5, 0.6) is 5.88 Å². The third-order valence-electron chi connectivity index (χ3n) is 3.16. The fraction of sp³-hybridized carbons (Fsp3) is 0.667. The van der Waals surface area contributed by atoms with E-state index in [-0.39, 0.29) is 6.10 Å². The molecule has 0 saturated heterocycles. The molecule has 0 aromatic carbocycles. The van der Waals surface area contributed by atoms with E-state index in [1.807, 2.05) is 26.0 Å². The smallest absolute Gasteiger partial charge is 0.218 e. The number of nitrogens with one attached hydrogen (secondary N) is 1. The Kier molecular flexibility index (Phi) is 6.81. The summed E-state index contributed by atoms with van der Waals surface area (Å²) in [7, 11) is 0. The first-order valence-corrected chi connectivity index (χ1v) is 7.06. The van der Waals surface area contributed by atoms with Gasteiger partial charge in [0.25, 0.3) is 0 Å². The summed E-state index contributed by atoms with van der Waals surface area (Å²) in [5, 5.41) is 3.45. The Morgan fingerprint density at radius 1 is 1.32 bits per heavy atom. The lowest BCUT2D eigenvalue weighted by atomic mass is 9.96. The van der Waals surface area contributed by atoms with Gasteiger partial charge >= 0.3 is 0 Å². The van der Waals surface area contributed by atoms with Crippen LogP contribution in [-0.2, 0) is 6.54 Å². The van der Waals surface area contributed by atoms with Crippen molar-refractivity contribution in [3.63, 3.8) is 0 Å². The standard InChI is InChI=1S/C15H27N3O/c1-11(2)14(8-16)10-17-9-13-6-5-7-18-15(13)19-12(3)4/h5-7,11-12,14,17H,8-10,16H2,1-4H3. The zero-order chi connectivity index (χ0) is 14.3. The Hall–Kier alpha value is -1.13. The SMILES string of the molecule is CC(C)Oc1ncccc1CNCC(CN)C(C)C. The minimum Gasteiger partial charge on any atom is -0.475 e. The summed E-state index contributed by atoms with van der Waals surface area (Å²) in [5.41, 5.74) is 6.87. The summed E-state index contributed by atoms with van der Waals surface area (Å²) in [4.78, 5) is 4.28. The fourth-order valence-corrected chi connectivity index (χ4v) is 1.87. The van der Waals surface area contributed by atoms with Crippen molar-refractivity contribution in [2.24, 2.45) is 17.6 Å². The molecule has 108 valence electrons. The van der Waals surface area contributed by atoms with E-state index in [2.05, 4.69) is 24.1 Å². The lowest BCUT2D eigenvalue weighted by molar-refractivity contribution is 0.229. The van der Waals surface area contributed by atoms with Gasteiger partial charge in [-0.25, -0.2) is 4.98 Å². The highest BCUT2D eigenvalue weighted by Gasteiger charge is 2.12. The summed E-state index contributed by atoms with van der Waals surface area (Å²) in [6.45, 7) is 10.8. The van der Waals surface area contributed by atoms with E-state index in [4.69, 9.17) is 10.5 Å². The van der Waals surface area contributed by atoms with Crippen molar-refractivity contribution in [2.75, 3.05) is 13.1 Å². The van der Waals surface area contributed by atoms with Crippen molar-refractivity contribution >= 4 is 0 Å². The molecule has 0 aliphatic rings. The normalized spacial score (nSPS) is 13.0. The summed E-state index contributed by atoms with van der Waals surface area (Å²) >= 11 is 0. The molecule has 0 aliphatic heterocycles. The maximum Gasteiger partial charge on any atom is 0.218 e. The molecule has 0 bridgehead atoms. The van der Waals surface area contributed by atoms with Gasteiger partial charge in [-0.15, -0.1) is 0 Å². The molecular weight excluding hydrogens is 238 g/mol. The highest BCUT2D eigenvalue weighted by atomic mass is 16.5. The van der Waals surface area contributed by atoms with Crippen LogP contribution in [0.3, 0.4) is 0 Å². The van der Waals surface area contributed by atoms with Gasteiger partial charge in [0.15, 0.2) is 0 Å². The van der Waals surface area contributed by atoms with Gasteiger partial charge in [0.05, 0.1) is 6.10 Å². The predicted molar refractivity (Wildman–Crippen MR) is 79.1 cm³/mol. The zero-order valence-electron chi connectivity index (χ0n) is 12.5. The second-order valence-electron chi connectivity index (χ2n) is 5.50. The maximum atomic E-state index is 5.77. The quantitative estimate of drug-likeness (QED) is 0.756. The number of pyridine rings is 1. The largest absolute Gasteiger partial charge is 0.475 e. The topological polar surface area (TPSA) is 60.2 Å². The van der Waals surface area contributed by atoms with Crippen molar-refractivity contribution in [1.29, 1.82) is 0 Å². The lowest BCUT2D eigenvalue weighted by Gasteiger charge is -2.20. The van der Waals surface area contributed by atoms with E-state index in [0.29, 0.717) is 18.4 Å². The van der Waals surface area contributed by atoms with Crippen molar-refractivity contribution in [3.8, 4) is 5.88 Å². The molecule has 1 rings (SSSR count). The molecule has 1 atom stereocenters. The molecule has 19 heavy (non-hydrogen) atoms. The van der Waals surface area contributed by atoms with E-state index in [1.54, 1.807) is 6.20 Å². The first-order valence-electron chi connectivity index (χ1n) is 7.06. The first-order chi connectivity index (χ1) is 9.04. The number of hydrogen-bond donors (Lipinski definition) is 2. The minimum atomic E-state index is 0.140. The van der Waals surface area contributed by atoms with Crippen LogP contribution in [0.15, 0.2) is 18.3 Å². The molecule has 0 spiro atoms. The van der Waals surface area contributed by atoms with Crippen LogP contribution in [0.2, 0.25) is 0 Å². The molecule has 3 N–H and O–H groups in total. The van der Waals surface area contributed by atoms with Crippen molar-refractivity contribution in [1.82, 2.24) is 10.3 Å². The van der Waals surface area contributed by atoms with Gasteiger partial charge in [-0.1, -0.05) is 19.9 Å². The van der Waals surface area contributed by atoms with E-state index >= 15 is 0 Å². The third kappa shape index (κ3) is 5.57. The molecule has 4 heteroatoms. The second kappa shape index (κ2) is 8.12. The van der Waals surface area contributed by atoms with Gasteiger partial charge in [0.1, 0.15) is 0 Å². The molecule has 1 aromatic heterocycles. The highest BCUT2D eigenvalue weighted by molar-refractivity contribution is 5.25. The van der Waals surface area contributed by atoms with Gasteiger partial charge in [0.2, 0.25) is 5.88 Å². The van der Waals surface area contributed by atoms with Gasteiger partial charge in [-0.2, -0.15) is 0 Å². The number of aromatic nitrogens is 1. The van der Waals surface area contributed by atoms with Gasteiger partial charge in [0, 0.05) is 18.3 Å². The predicted octanol–water partition coefficient (Wildman–Crippen LogP) is 2.19. The number of hydrogen-bond acceptors (Lipinski definition) is 4. The van der Waals surface area contributed by atoms with E-state index in [0.717, 1.165) is 24.5 Å². The average molecular weight is 265 g/mol. The maximum absolute atomic E-state index is 5.77. The van der Waals surface area contributed by atoms with Crippen LogP contribution in [0.1, 0.15) is 33.3 Å². The van der Waals surface area contributed by atoms with Crippen LogP contribution in [0.4, 0.5) is 0 Å². The molecule has 0 radical (unpaired) electrons. The minimum absolute atomic E-state index is 0.140. The average Bonchev–Trinajstić information content (AvgIpc) is 2.35.